The quantitative estimate of drug-likeness (QED) is 0.749. The maximum Gasteiger partial charge on any atom is 0.255 e. The van der Waals surface area contributed by atoms with Crippen LogP contribution < -0.4 is 10.1 Å². The minimum absolute atomic E-state index is 0.136. The molecule has 0 spiro atoms. The molecule has 0 unspecified atom stereocenters. The molecule has 8 heteroatoms. The van der Waals surface area contributed by atoms with Crippen LogP contribution >= 0.6 is 0 Å². The Hall–Kier alpha value is -2.42. The normalized spacial score (nSPS) is 15.8. The molecule has 1 saturated heterocycles. The Morgan fingerprint density at radius 3 is 2.48 bits per heavy atom. The number of methoxy groups -OCH3 is 1. The van der Waals surface area contributed by atoms with Crippen molar-refractivity contribution in [3.63, 3.8) is 0 Å². The Morgan fingerprint density at radius 1 is 1.07 bits per heavy atom. The zero-order valence-corrected chi connectivity index (χ0v) is 17.6. The van der Waals surface area contributed by atoms with Gasteiger partial charge in [0.05, 0.1) is 12.9 Å². The number of amides is 1. The van der Waals surface area contributed by atoms with Gasteiger partial charge in [0.25, 0.3) is 5.91 Å². The fraction of sp³-hybridized carbons (Fsp3) is 0.381. The highest BCUT2D eigenvalue weighted by Gasteiger charge is 2.25. The molecule has 2 aromatic rings. The highest BCUT2D eigenvalue weighted by atomic mass is 32.2. The molecule has 1 aliphatic rings. The molecule has 156 valence electrons. The smallest absolute Gasteiger partial charge is 0.255 e. The first-order valence-corrected chi connectivity index (χ1v) is 11.3. The number of carbonyl (C=O) groups excluding carboxylic acids is 1. The molecule has 1 aliphatic heterocycles. The summed E-state index contributed by atoms with van der Waals surface area (Å²) in [5.41, 5.74) is 2.28. The summed E-state index contributed by atoms with van der Waals surface area (Å²) in [6.45, 7) is 4.72. The molecule has 3 rings (SSSR count). The third kappa shape index (κ3) is 5.56. The topological polar surface area (TPSA) is 79.0 Å². The second-order valence-electron chi connectivity index (χ2n) is 6.96. The first-order chi connectivity index (χ1) is 13.9. The lowest BCUT2D eigenvalue weighted by Crippen LogP contribution is -2.48. The third-order valence-electron chi connectivity index (χ3n) is 5.01. The van der Waals surface area contributed by atoms with Gasteiger partial charge in [-0.3, -0.25) is 9.69 Å². The zero-order valence-electron chi connectivity index (χ0n) is 16.8. The molecular formula is C21H27N3O4S. The first-order valence-electron chi connectivity index (χ1n) is 9.66. The Balaban J connectivity index is 1.60. The van der Waals surface area contributed by atoms with Gasteiger partial charge in [-0.15, -0.1) is 0 Å². The van der Waals surface area contributed by atoms with E-state index < -0.39 is 10.0 Å². The summed E-state index contributed by atoms with van der Waals surface area (Å²) in [6, 6.07) is 14.7. The maximum atomic E-state index is 12.6. The lowest BCUT2D eigenvalue weighted by Gasteiger charge is -2.33. The van der Waals surface area contributed by atoms with Gasteiger partial charge in [0.1, 0.15) is 5.75 Å². The van der Waals surface area contributed by atoms with Crippen LogP contribution in [0.5, 0.6) is 5.75 Å². The van der Waals surface area contributed by atoms with Gasteiger partial charge in [0, 0.05) is 50.0 Å². The predicted octanol–water partition coefficient (Wildman–Crippen LogP) is 2.41. The van der Waals surface area contributed by atoms with Gasteiger partial charge >= 0.3 is 0 Å². The highest BCUT2D eigenvalue weighted by Crippen LogP contribution is 2.18. The zero-order chi connectivity index (χ0) is 20.9. The van der Waals surface area contributed by atoms with Crippen molar-refractivity contribution in [2.75, 3.05) is 44.4 Å². The minimum atomic E-state index is -3.13. The molecule has 1 fully saturated rings. The maximum absolute atomic E-state index is 12.6. The first kappa shape index (κ1) is 21.3. The molecule has 1 N–H and O–H groups in total. The standard InChI is InChI=1S/C21H27N3O4S/c1-3-29(26,27)24-12-10-23(11-13-24)16-17-6-4-7-18(14-17)21(25)22-19-8-5-9-20(15-19)28-2/h4-9,14-15H,3,10-13,16H2,1-2H3,(H,22,25). The van der Waals surface area contributed by atoms with E-state index in [0.29, 0.717) is 49.7 Å². The lowest BCUT2D eigenvalue weighted by atomic mass is 10.1. The van der Waals surface area contributed by atoms with Crippen LogP contribution in [0.4, 0.5) is 5.69 Å². The third-order valence-corrected chi connectivity index (χ3v) is 6.89. The van der Waals surface area contributed by atoms with Crippen molar-refractivity contribution in [3.8, 4) is 5.75 Å². The molecule has 7 nitrogen and oxygen atoms in total. The van der Waals surface area contributed by atoms with Crippen molar-refractivity contribution in [2.45, 2.75) is 13.5 Å². The number of hydrogen-bond acceptors (Lipinski definition) is 5. The second kappa shape index (κ2) is 9.39. The number of ether oxygens (including phenoxy) is 1. The number of rotatable bonds is 7. The van der Waals surface area contributed by atoms with E-state index in [9.17, 15) is 13.2 Å². The molecule has 0 aromatic heterocycles. The van der Waals surface area contributed by atoms with Gasteiger partial charge in [-0.1, -0.05) is 18.2 Å². The molecule has 0 aliphatic carbocycles. The van der Waals surface area contributed by atoms with Crippen LogP contribution in [0.15, 0.2) is 48.5 Å². The predicted molar refractivity (Wildman–Crippen MR) is 114 cm³/mol. The largest absolute Gasteiger partial charge is 0.497 e. The van der Waals surface area contributed by atoms with Crippen LogP contribution in [0.1, 0.15) is 22.8 Å². The van der Waals surface area contributed by atoms with Gasteiger partial charge in [0.2, 0.25) is 10.0 Å². The van der Waals surface area contributed by atoms with Gasteiger partial charge in [-0.25, -0.2) is 8.42 Å². The van der Waals surface area contributed by atoms with Crippen LogP contribution in [-0.2, 0) is 16.6 Å². The van der Waals surface area contributed by atoms with Gasteiger partial charge in [-0.2, -0.15) is 4.31 Å². The van der Waals surface area contributed by atoms with E-state index in [4.69, 9.17) is 4.74 Å². The summed E-state index contributed by atoms with van der Waals surface area (Å²) in [7, 11) is -1.54. The van der Waals surface area contributed by atoms with Crippen LogP contribution in [0, 0.1) is 0 Å². The van der Waals surface area contributed by atoms with Crippen LogP contribution in [0.25, 0.3) is 0 Å². The van der Waals surface area contributed by atoms with Gasteiger partial charge in [0.15, 0.2) is 0 Å². The summed E-state index contributed by atoms with van der Waals surface area (Å²) < 4.78 is 30.7. The van der Waals surface area contributed by atoms with Crippen molar-refractivity contribution < 1.29 is 17.9 Å². The van der Waals surface area contributed by atoms with Crippen molar-refractivity contribution >= 4 is 21.6 Å². The SMILES string of the molecule is CCS(=O)(=O)N1CCN(Cc2cccc(C(=O)Nc3cccc(OC)c3)c2)CC1. The van der Waals surface area contributed by atoms with Gasteiger partial charge in [-0.05, 0) is 36.8 Å². The minimum Gasteiger partial charge on any atom is -0.497 e. The van der Waals surface area contributed by atoms with Crippen LogP contribution in [0.2, 0.25) is 0 Å². The molecule has 2 aromatic carbocycles. The number of carbonyl (C=O) groups is 1. The summed E-state index contributed by atoms with van der Waals surface area (Å²) in [5.74, 6) is 0.636. The molecule has 1 amide bonds. The molecule has 0 bridgehead atoms. The van der Waals surface area contributed by atoms with Crippen molar-refractivity contribution in [1.29, 1.82) is 0 Å². The Morgan fingerprint density at radius 2 is 1.79 bits per heavy atom. The highest BCUT2D eigenvalue weighted by molar-refractivity contribution is 7.89. The van der Waals surface area contributed by atoms with Crippen LogP contribution in [-0.4, -0.2) is 62.6 Å². The lowest BCUT2D eigenvalue weighted by molar-refractivity contribution is 0.102. The number of anilines is 1. The van der Waals surface area contributed by atoms with Crippen molar-refractivity contribution in [3.05, 3.63) is 59.7 Å². The van der Waals surface area contributed by atoms with Crippen LogP contribution in [0.3, 0.4) is 0 Å². The Labute approximate surface area is 172 Å². The average Bonchev–Trinajstić information content (AvgIpc) is 2.74. The van der Waals surface area contributed by atoms with Gasteiger partial charge < -0.3 is 10.1 Å². The van der Waals surface area contributed by atoms with Crippen molar-refractivity contribution in [1.82, 2.24) is 9.21 Å². The molecule has 0 saturated carbocycles. The number of nitrogens with one attached hydrogen (secondary N) is 1. The van der Waals surface area contributed by atoms with E-state index in [0.717, 1.165) is 5.56 Å². The number of piperazine rings is 1. The van der Waals surface area contributed by atoms with E-state index in [1.807, 2.05) is 36.4 Å². The molecular weight excluding hydrogens is 390 g/mol. The second-order valence-corrected chi connectivity index (χ2v) is 9.22. The van der Waals surface area contributed by atoms with E-state index in [1.54, 1.807) is 30.5 Å². The van der Waals surface area contributed by atoms with E-state index in [-0.39, 0.29) is 11.7 Å². The summed E-state index contributed by atoms with van der Waals surface area (Å²) in [6.07, 6.45) is 0. The molecule has 0 atom stereocenters. The van der Waals surface area contributed by atoms with E-state index in [1.165, 1.54) is 0 Å². The van der Waals surface area contributed by atoms with Crippen molar-refractivity contribution in [2.24, 2.45) is 0 Å². The Bertz CT molecular complexity index is 954. The fourth-order valence-electron chi connectivity index (χ4n) is 3.32. The number of benzene rings is 2. The monoisotopic (exact) mass is 417 g/mol. The van der Waals surface area contributed by atoms with E-state index >= 15 is 0 Å². The summed E-state index contributed by atoms with van der Waals surface area (Å²) >= 11 is 0. The number of nitrogens with zero attached hydrogens (tertiary/aromatic N) is 2. The van der Waals surface area contributed by atoms with E-state index in [2.05, 4.69) is 10.2 Å². The summed E-state index contributed by atoms with van der Waals surface area (Å²) in [4.78, 5) is 14.8. The molecule has 29 heavy (non-hydrogen) atoms. The number of sulfonamides is 1. The molecule has 1 heterocycles. The fourth-order valence-corrected chi connectivity index (χ4v) is 4.41. The number of hydrogen-bond donors (Lipinski definition) is 1. The average molecular weight is 418 g/mol. The molecule has 0 radical (unpaired) electrons. The Kier molecular flexibility index (Phi) is 6.89. The summed E-state index contributed by atoms with van der Waals surface area (Å²) in [5, 5.41) is 2.89.